The number of nitrogens with zero attached hydrogens (tertiary/aromatic N) is 1. The molecule has 1 aliphatic heterocycles. The lowest BCUT2D eigenvalue weighted by Gasteiger charge is -2.27. The molecule has 0 aromatic heterocycles. The van der Waals surface area contributed by atoms with Gasteiger partial charge in [0.15, 0.2) is 9.84 Å². The van der Waals surface area contributed by atoms with E-state index in [9.17, 15) is 18.0 Å². The van der Waals surface area contributed by atoms with Crippen molar-refractivity contribution in [2.75, 3.05) is 11.4 Å². The van der Waals surface area contributed by atoms with Crippen LogP contribution in [0.15, 0.2) is 53.4 Å². The number of hydrogen-bond donors (Lipinski definition) is 1. The minimum Gasteiger partial charge on any atom is -0.348 e. The van der Waals surface area contributed by atoms with Crippen LogP contribution < -0.4 is 10.2 Å². The third-order valence-corrected chi connectivity index (χ3v) is 7.23. The Balaban J connectivity index is 1.65. The second-order valence-electron chi connectivity index (χ2n) is 7.47. The fourth-order valence-corrected chi connectivity index (χ4v) is 4.33. The molecule has 6 nitrogen and oxygen atoms in total. The zero-order valence-corrected chi connectivity index (χ0v) is 17.5. The molecule has 1 N–H and O–H groups in total. The van der Waals surface area contributed by atoms with Gasteiger partial charge in [-0.3, -0.25) is 9.59 Å². The third-order valence-electron chi connectivity index (χ3n) is 5.06. The number of sulfone groups is 1. The molecular formula is C22H26N2O4S. The Morgan fingerprint density at radius 2 is 1.83 bits per heavy atom. The van der Waals surface area contributed by atoms with E-state index in [1.54, 1.807) is 18.7 Å². The van der Waals surface area contributed by atoms with Crippen LogP contribution in [-0.4, -0.2) is 32.0 Å². The van der Waals surface area contributed by atoms with E-state index >= 15 is 0 Å². The van der Waals surface area contributed by atoms with Crippen molar-refractivity contribution in [3.8, 4) is 0 Å². The maximum atomic E-state index is 12.4. The first-order valence-electron chi connectivity index (χ1n) is 9.80. The van der Waals surface area contributed by atoms with Crippen LogP contribution in [0, 0.1) is 0 Å². The van der Waals surface area contributed by atoms with Gasteiger partial charge in [0.2, 0.25) is 5.91 Å². The normalized spacial score (nSPS) is 14.9. The van der Waals surface area contributed by atoms with Crippen molar-refractivity contribution in [1.29, 1.82) is 0 Å². The third kappa shape index (κ3) is 4.85. The number of anilines is 1. The Bertz CT molecular complexity index is 998. The molecule has 2 aromatic rings. The van der Waals surface area contributed by atoms with Crippen LogP contribution in [0.1, 0.15) is 49.0 Å². The Morgan fingerprint density at radius 1 is 1.10 bits per heavy atom. The topological polar surface area (TPSA) is 83.6 Å². The molecule has 0 unspecified atom stereocenters. The zero-order valence-electron chi connectivity index (χ0n) is 16.7. The molecule has 0 radical (unpaired) electrons. The summed E-state index contributed by atoms with van der Waals surface area (Å²) in [6.45, 7) is 4.30. The molecular weight excluding hydrogens is 388 g/mol. The van der Waals surface area contributed by atoms with E-state index in [0.717, 1.165) is 30.6 Å². The molecule has 1 aliphatic rings. The van der Waals surface area contributed by atoms with Gasteiger partial charge in [-0.05, 0) is 68.7 Å². The smallest absolute Gasteiger partial charge is 0.251 e. The molecule has 1 fully saturated rings. The zero-order chi connectivity index (χ0) is 21.0. The van der Waals surface area contributed by atoms with Gasteiger partial charge in [-0.15, -0.1) is 0 Å². The summed E-state index contributed by atoms with van der Waals surface area (Å²) >= 11 is 0. The molecule has 2 aromatic carbocycles. The lowest BCUT2D eigenvalue weighted by molar-refractivity contribution is -0.119. The SMILES string of the molecule is CC(C)S(=O)(=O)c1ccc(C(=O)NCc2cccc(N3CCCCC3=O)c2)cc1. The Kier molecular flexibility index (Phi) is 6.37. The number of amides is 2. The van der Waals surface area contributed by atoms with E-state index in [1.165, 1.54) is 24.3 Å². The minimum absolute atomic E-state index is 0.133. The summed E-state index contributed by atoms with van der Waals surface area (Å²) in [5.74, 6) is -0.146. The lowest BCUT2D eigenvalue weighted by Crippen LogP contribution is -2.35. The van der Waals surface area contributed by atoms with Crippen molar-refractivity contribution in [1.82, 2.24) is 5.32 Å². The number of hydrogen-bond acceptors (Lipinski definition) is 4. The number of benzene rings is 2. The Labute approximate surface area is 171 Å². The largest absolute Gasteiger partial charge is 0.348 e. The summed E-state index contributed by atoms with van der Waals surface area (Å²) in [5.41, 5.74) is 2.15. The standard InChI is InChI=1S/C22H26N2O4S/c1-16(2)29(27,28)20-11-9-18(10-12-20)22(26)23-15-17-6-5-7-19(14-17)24-13-4-3-8-21(24)25/h5-7,9-12,14,16H,3-4,8,13,15H2,1-2H3,(H,23,26). The molecule has 1 heterocycles. The highest BCUT2D eigenvalue weighted by Gasteiger charge is 2.20. The van der Waals surface area contributed by atoms with Crippen LogP contribution in [0.4, 0.5) is 5.69 Å². The predicted molar refractivity (Wildman–Crippen MR) is 113 cm³/mol. The molecule has 0 bridgehead atoms. The van der Waals surface area contributed by atoms with Crippen molar-refractivity contribution in [2.45, 2.75) is 49.8 Å². The van der Waals surface area contributed by atoms with Crippen molar-refractivity contribution in [3.05, 3.63) is 59.7 Å². The molecule has 7 heteroatoms. The second-order valence-corrected chi connectivity index (χ2v) is 9.98. The Morgan fingerprint density at radius 3 is 2.48 bits per heavy atom. The summed E-state index contributed by atoms with van der Waals surface area (Å²) in [6.07, 6.45) is 2.50. The second kappa shape index (κ2) is 8.78. The average molecular weight is 415 g/mol. The summed E-state index contributed by atoms with van der Waals surface area (Å²) in [5, 5.41) is 2.33. The number of nitrogens with one attached hydrogen (secondary N) is 1. The van der Waals surface area contributed by atoms with Gasteiger partial charge >= 0.3 is 0 Å². The lowest BCUT2D eigenvalue weighted by atomic mass is 10.1. The fraction of sp³-hybridized carbons (Fsp3) is 0.364. The Hall–Kier alpha value is -2.67. The van der Waals surface area contributed by atoms with Crippen molar-refractivity contribution < 1.29 is 18.0 Å². The van der Waals surface area contributed by atoms with Crippen molar-refractivity contribution >= 4 is 27.3 Å². The number of carbonyl (C=O) groups excluding carboxylic acids is 2. The highest BCUT2D eigenvalue weighted by Crippen LogP contribution is 2.22. The summed E-state index contributed by atoms with van der Waals surface area (Å²) < 4.78 is 24.4. The van der Waals surface area contributed by atoms with Crippen molar-refractivity contribution in [3.63, 3.8) is 0 Å². The van der Waals surface area contributed by atoms with Crippen LogP contribution in [0.3, 0.4) is 0 Å². The van der Waals surface area contributed by atoms with E-state index in [4.69, 9.17) is 0 Å². The van der Waals surface area contributed by atoms with Crippen LogP contribution >= 0.6 is 0 Å². The molecule has 1 saturated heterocycles. The molecule has 0 spiro atoms. The highest BCUT2D eigenvalue weighted by molar-refractivity contribution is 7.92. The molecule has 154 valence electrons. The summed E-state index contributed by atoms with van der Waals surface area (Å²) in [7, 11) is -3.36. The van der Waals surface area contributed by atoms with E-state index < -0.39 is 15.1 Å². The average Bonchev–Trinajstić information content (AvgIpc) is 2.72. The monoisotopic (exact) mass is 414 g/mol. The van der Waals surface area contributed by atoms with Crippen molar-refractivity contribution in [2.24, 2.45) is 0 Å². The fourth-order valence-electron chi connectivity index (χ4n) is 3.27. The number of carbonyl (C=O) groups is 2. The highest BCUT2D eigenvalue weighted by atomic mass is 32.2. The van der Waals surface area contributed by atoms with E-state index in [-0.39, 0.29) is 16.7 Å². The van der Waals surface area contributed by atoms with Gasteiger partial charge in [-0.1, -0.05) is 12.1 Å². The van der Waals surface area contributed by atoms with Gasteiger partial charge in [0.25, 0.3) is 5.91 Å². The van der Waals surface area contributed by atoms with Crippen LogP contribution in [0.5, 0.6) is 0 Å². The molecule has 0 saturated carbocycles. The minimum atomic E-state index is -3.36. The first-order valence-corrected chi connectivity index (χ1v) is 11.3. The van der Waals surface area contributed by atoms with Gasteiger partial charge in [0, 0.05) is 30.8 Å². The number of rotatable bonds is 6. The maximum Gasteiger partial charge on any atom is 0.251 e. The predicted octanol–water partition coefficient (Wildman–Crippen LogP) is 3.32. The summed E-state index contributed by atoms with van der Waals surface area (Å²) in [4.78, 5) is 26.5. The first kappa shape index (κ1) is 21.0. The van der Waals surface area contributed by atoms with E-state index in [0.29, 0.717) is 18.5 Å². The van der Waals surface area contributed by atoms with Gasteiger partial charge in [0.05, 0.1) is 10.1 Å². The molecule has 0 aliphatic carbocycles. The molecule has 2 amide bonds. The summed E-state index contributed by atoms with van der Waals surface area (Å²) in [6, 6.07) is 13.6. The first-order chi connectivity index (χ1) is 13.8. The van der Waals surface area contributed by atoms with Crippen LogP contribution in [0.2, 0.25) is 0 Å². The van der Waals surface area contributed by atoms with Gasteiger partial charge < -0.3 is 10.2 Å². The maximum absolute atomic E-state index is 12.4. The van der Waals surface area contributed by atoms with Crippen LogP contribution in [-0.2, 0) is 21.2 Å². The number of piperidine rings is 1. The van der Waals surface area contributed by atoms with E-state index in [2.05, 4.69) is 5.32 Å². The quantitative estimate of drug-likeness (QED) is 0.786. The molecule has 0 atom stereocenters. The van der Waals surface area contributed by atoms with Crippen LogP contribution in [0.25, 0.3) is 0 Å². The van der Waals surface area contributed by atoms with Gasteiger partial charge in [-0.25, -0.2) is 8.42 Å². The van der Waals surface area contributed by atoms with E-state index in [1.807, 2.05) is 24.3 Å². The van der Waals surface area contributed by atoms with Gasteiger partial charge in [0.1, 0.15) is 0 Å². The molecule has 3 rings (SSSR count). The van der Waals surface area contributed by atoms with Gasteiger partial charge in [-0.2, -0.15) is 0 Å². The molecule has 29 heavy (non-hydrogen) atoms.